The molecule has 1 N–H and O–H groups in total. The van der Waals surface area contributed by atoms with Crippen molar-refractivity contribution < 1.29 is 27.5 Å². The SMILES string of the molecule is CCOCc1ccccc1CNC(=O)C1CC(=O)N(CC(F)(F)F)C1. The Balaban J connectivity index is 1.90. The molecule has 1 saturated heterocycles. The van der Waals surface area contributed by atoms with E-state index in [0.29, 0.717) is 18.1 Å². The zero-order chi connectivity index (χ0) is 18.4. The van der Waals surface area contributed by atoms with Crippen LogP contribution in [0.4, 0.5) is 13.2 Å². The third-order valence-corrected chi connectivity index (χ3v) is 3.99. The van der Waals surface area contributed by atoms with Crippen molar-refractivity contribution in [2.75, 3.05) is 19.7 Å². The Labute approximate surface area is 144 Å². The van der Waals surface area contributed by atoms with Crippen molar-refractivity contribution in [3.05, 3.63) is 35.4 Å². The second kappa shape index (κ2) is 8.33. The molecule has 0 aromatic heterocycles. The van der Waals surface area contributed by atoms with Crippen LogP contribution < -0.4 is 5.32 Å². The van der Waals surface area contributed by atoms with E-state index in [1.165, 1.54) is 0 Å². The zero-order valence-electron chi connectivity index (χ0n) is 13.9. The first-order valence-corrected chi connectivity index (χ1v) is 8.07. The lowest BCUT2D eigenvalue weighted by molar-refractivity contribution is -0.157. The summed E-state index contributed by atoms with van der Waals surface area (Å²) < 4.78 is 42.6. The van der Waals surface area contributed by atoms with Crippen LogP contribution in [0.5, 0.6) is 0 Å². The fourth-order valence-corrected chi connectivity index (χ4v) is 2.73. The van der Waals surface area contributed by atoms with Gasteiger partial charge in [-0.05, 0) is 18.1 Å². The number of ether oxygens (including phenoxy) is 1. The summed E-state index contributed by atoms with van der Waals surface area (Å²) in [5.41, 5.74) is 1.81. The van der Waals surface area contributed by atoms with Crippen molar-refractivity contribution in [2.24, 2.45) is 5.92 Å². The van der Waals surface area contributed by atoms with Crippen LogP contribution >= 0.6 is 0 Å². The van der Waals surface area contributed by atoms with Crippen molar-refractivity contribution in [3.63, 3.8) is 0 Å². The molecule has 0 bridgehead atoms. The molecule has 1 fully saturated rings. The fraction of sp³-hybridized carbons (Fsp3) is 0.529. The summed E-state index contributed by atoms with van der Waals surface area (Å²) in [6.45, 7) is 1.60. The number of amides is 2. The highest BCUT2D eigenvalue weighted by Crippen LogP contribution is 2.24. The largest absolute Gasteiger partial charge is 0.406 e. The standard InChI is InChI=1S/C17H21F3N2O3/c1-2-25-10-13-6-4-3-5-12(13)8-21-16(24)14-7-15(23)22(9-14)11-17(18,19)20/h3-6,14H,2,7-11H2,1H3,(H,21,24). The number of hydrogen-bond acceptors (Lipinski definition) is 3. The molecule has 5 nitrogen and oxygen atoms in total. The summed E-state index contributed by atoms with van der Waals surface area (Å²) in [6.07, 6.45) is -4.65. The number of nitrogens with zero attached hydrogens (tertiary/aromatic N) is 1. The summed E-state index contributed by atoms with van der Waals surface area (Å²) in [6, 6.07) is 7.44. The highest BCUT2D eigenvalue weighted by molar-refractivity contribution is 5.89. The molecule has 138 valence electrons. The van der Waals surface area contributed by atoms with E-state index in [-0.39, 0.29) is 19.5 Å². The maximum Gasteiger partial charge on any atom is 0.406 e. The molecule has 1 heterocycles. The second-order valence-corrected chi connectivity index (χ2v) is 5.91. The van der Waals surface area contributed by atoms with Gasteiger partial charge in [-0.25, -0.2) is 0 Å². The molecule has 1 aliphatic rings. The number of hydrogen-bond donors (Lipinski definition) is 1. The minimum absolute atomic E-state index is 0.192. The van der Waals surface area contributed by atoms with E-state index in [1.807, 2.05) is 31.2 Å². The van der Waals surface area contributed by atoms with Crippen molar-refractivity contribution in [3.8, 4) is 0 Å². The Bertz CT molecular complexity index is 619. The quantitative estimate of drug-likeness (QED) is 0.813. The van der Waals surface area contributed by atoms with Gasteiger partial charge in [-0.2, -0.15) is 13.2 Å². The first-order valence-electron chi connectivity index (χ1n) is 8.07. The van der Waals surface area contributed by atoms with Crippen molar-refractivity contribution in [1.29, 1.82) is 0 Å². The van der Waals surface area contributed by atoms with Crippen LogP contribution in [0.3, 0.4) is 0 Å². The molecule has 1 unspecified atom stereocenters. The second-order valence-electron chi connectivity index (χ2n) is 5.91. The highest BCUT2D eigenvalue weighted by atomic mass is 19.4. The molecule has 0 spiro atoms. The fourth-order valence-electron chi connectivity index (χ4n) is 2.73. The highest BCUT2D eigenvalue weighted by Gasteiger charge is 2.40. The lowest BCUT2D eigenvalue weighted by Gasteiger charge is -2.18. The molecule has 0 aliphatic carbocycles. The van der Waals surface area contributed by atoms with E-state index in [4.69, 9.17) is 4.74 Å². The number of carbonyl (C=O) groups excluding carboxylic acids is 2. The molecular formula is C17H21F3N2O3. The smallest absolute Gasteiger partial charge is 0.377 e. The van der Waals surface area contributed by atoms with Gasteiger partial charge < -0.3 is 15.0 Å². The van der Waals surface area contributed by atoms with Gasteiger partial charge in [0.25, 0.3) is 0 Å². The Hall–Kier alpha value is -2.09. The summed E-state index contributed by atoms with van der Waals surface area (Å²) in [7, 11) is 0. The zero-order valence-corrected chi connectivity index (χ0v) is 13.9. The van der Waals surface area contributed by atoms with Gasteiger partial charge in [0.15, 0.2) is 0 Å². The van der Waals surface area contributed by atoms with E-state index in [9.17, 15) is 22.8 Å². The molecule has 0 radical (unpaired) electrons. The van der Waals surface area contributed by atoms with Crippen molar-refractivity contribution in [1.82, 2.24) is 10.2 Å². The Morgan fingerprint density at radius 2 is 2.00 bits per heavy atom. The molecule has 2 rings (SSSR count). The van der Waals surface area contributed by atoms with Crippen LogP contribution in [-0.4, -0.2) is 42.6 Å². The van der Waals surface area contributed by atoms with E-state index < -0.39 is 30.5 Å². The monoisotopic (exact) mass is 358 g/mol. The third kappa shape index (κ3) is 5.74. The summed E-state index contributed by atoms with van der Waals surface area (Å²) in [4.78, 5) is 24.5. The number of halogens is 3. The van der Waals surface area contributed by atoms with Gasteiger partial charge in [0.2, 0.25) is 11.8 Å². The number of carbonyl (C=O) groups is 2. The molecule has 2 amide bonds. The van der Waals surface area contributed by atoms with Gasteiger partial charge in [0.05, 0.1) is 12.5 Å². The van der Waals surface area contributed by atoms with Gasteiger partial charge in [-0.15, -0.1) is 0 Å². The predicted molar refractivity (Wildman–Crippen MR) is 84.4 cm³/mol. The molecule has 1 aromatic carbocycles. The lowest BCUT2D eigenvalue weighted by atomic mass is 10.1. The van der Waals surface area contributed by atoms with E-state index in [0.717, 1.165) is 11.1 Å². The first kappa shape index (κ1) is 19.2. The van der Waals surface area contributed by atoms with Gasteiger partial charge >= 0.3 is 6.18 Å². The number of alkyl halides is 3. The Kier molecular flexibility index (Phi) is 6.41. The molecule has 8 heteroatoms. The van der Waals surface area contributed by atoms with Crippen LogP contribution in [0, 0.1) is 5.92 Å². The van der Waals surface area contributed by atoms with Crippen molar-refractivity contribution in [2.45, 2.75) is 32.7 Å². The lowest BCUT2D eigenvalue weighted by Crippen LogP contribution is -2.37. The van der Waals surface area contributed by atoms with Gasteiger partial charge in [0.1, 0.15) is 6.54 Å². The maximum absolute atomic E-state index is 12.4. The normalized spacial score (nSPS) is 17.8. The van der Waals surface area contributed by atoms with Crippen molar-refractivity contribution >= 4 is 11.8 Å². The topological polar surface area (TPSA) is 58.6 Å². The average Bonchev–Trinajstić information content (AvgIpc) is 2.90. The number of likely N-dealkylation sites (tertiary alicyclic amines) is 1. The molecule has 1 aliphatic heterocycles. The van der Waals surface area contributed by atoms with Crippen LogP contribution in [0.15, 0.2) is 24.3 Å². The molecule has 0 saturated carbocycles. The van der Waals surface area contributed by atoms with Crippen LogP contribution in [0.1, 0.15) is 24.5 Å². The molecule has 1 aromatic rings. The minimum atomic E-state index is -4.46. The predicted octanol–water partition coefficient (Wildman–Crippen LogP) is 2.25. The Morgan fingerprint density at radius 1 is 1.32 bits per heavy atom. The van der Waals surface area contributed by atoms with E-state index in [1.54, 1.807) is 0 Å². The van der Waals surface area contributed by atoms with Crippen LogP contribution in [-0.2, 0) is 27.5 Å². The van der Waals surface area contributed by atoms with Crippen LogP contribution in [0.25, 0.3) is 0 Å². The third-order valence-electron chi connectivity index (χ3n) is 3.99. The molecular weight excluding hydrogens is 337 g/mol. The average molecular weight is 358 g/mol. The number of rotatable bonds is 7. The first-order chi connectivity index (χ1) is 11.8. The van der Waals surface area contributed by atoms with E-state index in [2.05, 4.69) is 5.32 Å². The summed E-state index contributed by atoms with van der Waals surface area (Å²) >= 11 is 0. The molecule has 1 atom stereocenters. The Morgan fingerprint density at radius 3 is 2.64 bits per heavy atom. The van der Waals surface area contributed by atoms with Crippen LogP contribution in [0.2, 0.25) is 0 Å². The summed E-state index contributed by atoms with van der Waals surface area (Å²) in [5.74, 6) is -1.81. The maximum atomic E-state index is 12.4. The summed E-state index contributed by atoms with van der Waals surface area (Å²) in [5, 5.41) is 2.71. The number of nitrogens with one attached hydrogen (secondary N) is 1. The van der Waals surface area contributed by atoms with E-state index >= 15 is 0 Å². The van der Waals surface area contributed by atoms with Gasteiger partial charge in [-0.3, -0.25) is 9.59 Å². The van der Waals surface area contributed by atoms with Gasteiger partial charge in [0, 0.05) is 26.1 Å². The minimum Gasteiger partial charge on any atom is -0.377 e. The number of benzene rings is 1. The molecule has 25 heavy (non-hydrogen) atoms. The van der Waals surface area contributed by atoms with Gasteiger partial charge in [-0.1, -0.05) is 24.3 Å².